The molecule has 3 rings (SSSR count). The molecule has 8 heteroatoms. The molecule has 1 aliphatic rings. The van der Waals surface area contributed by atoms with E-state index in [0.29, 0.717) is 13.0 Å². The lowest BCUT2D eigenvalue weighted by molar-refractivity contribution is -0.117. The van der Waals surface area contributed by atoms with Gasteiger partial charge < -0.3 is 4.90 Å². The Hall–Kier alpha value is -1.60. The smallest absolute Gasteiger partial charge is 0.242 e. The molecule has 0 atom stereocenters. The fourth-order valence-corrected chi connectivity index (χ4v) is 4.48. The van der Waals surface area contributed by atoms with Gasteiger partial charge in [-0.05, 0) is 36.2 Å². The SMILES string of the molecule is O=C1CCCN1c1cccc(CNS(=O)(=O)c2cccc(Cl)c2Cl)c1. The van der Waals surface area contributed by atoms with Crippen molar-refractivity contribution in [1.29, 1.82) is 0 Å². The molecule has 5 nitrogen and oxygen atoms in total. The normalized spacial score (nSPS) is 15.0. The van der Waals surface area contributed by atoms with Crippen molar-refractivity contribution in [3.8, 4) is 0 Å². The summed E-state index contributed by atoms with van der Waals surface area (Å²) in [5, 5.41) is 0.173. The maximum atomic E-state index is 12.5. The van der Waals surface area contributed by atoms with Crippen molar-refractivity contribution in [2.45, 2.75) is 24.3 Å². The zero-order chi connectivity index (χ0) is 18.0. The summed E-state index contributed by atoms with van der Waals surface area (Å²) in [6.45, 7) is 0.771. The van der Waals surface area contributed by atoms with E-state index in [-0.39, 0.29) is 27.4 Å². The van der Waals surface area contributed by atoms with Gasteiger partial charge in [-0.2, -0.15) is 0 Å². The molecule has 1 aliphatic heterocycles. The van der Waals surface area contributed by atoms with Gasteiger partial charge in [-0.3, -0.25) is 4.79 Å². The topological polar surface area (TPSA) is 66.5 Å². The van der Waals surface area contributed by atoms with E-state index in [9.17, 15) is 13.2 Å². The van der Waals surface area contributed by atoms with Gasteiger partial charge in [-0.25, -0.2) is 13.1 Å². The minimum Gasteiger partial charge on any atom is -0.312 e. The largest absolute Gasteiger partial charge is 0.312 e. The molecule has 0 radical (unpaired) electrons. The van der Waals surface area contributed by atoms with Gasteiger partial charge in [0.05, 0.1) is 10.0 Å². The van der Waals surface area contributed by atoms with Crippen molar-refractivity contribution in [3.63, 3.8) is 0 Å². The zero-order valence-corrected chi connectivity index (χ0v) is 15.5. The van der Waals surface area contributed by atoms with Gasteiger partial charge in [0.2, 0.25) is 15.9 Å². The van der Waals surface area contributed by atoms with Crippen molar-refractivity contribution < 1.29 is 13.2 Å². The molecule has 25 heavy (non-hydrogen) atoms. The lowest BCUT2D eigenvalue weighted by Gasteiger charge is -2.17. The number of benzene rings is 2. The third-order valence-electron chi connectivity index (χ3n) is 3.97. The summed E-state index contributed by atoms with van der Waals surface area (Å²) < 4.78 is 27.4. The van der Waals surface area contributed by atoms with Crippen molar-refractivity contribution >= 4 is 44.8 Å². The number of nitrogens with zero attached hydrogens (tertiary/aromatic N) is 1. The van der Waals surface area contributed by atoms with E-state index in [4.69, 9.17) is 23.2 Å². The van der Waals surface area contributed by atoms with E-state index in [1.54, 1.807) is 17.0 Å². The highest BCUT2D eigenvalue weighted by Crippen LogP contribution is 2.29. The first-order chi connectivity index (χ1) is 11.9. The number of carbonyl (C=O) groups is 1. The van der Waals surface area contributed by atoms with E-state index in [1.165, 1.54) is 18.2 Å². The van der Waals surface area contributed by atoms with Crippen LogP contribution in [-0.4, -0.2) is 20.9 Å². The number of rotatable bonds is 5. The molecule has 0 aliphatic carbocycles. The molecule has 1 heterocycles. The summed E-state index contributed by atoms with van der Waals surface area (Å²) in [7, 11) is -3.80. The zero-order valence-electron chi connectivity index (χ0n) is 13.2. The first-order valence-electron chi connectivity index (χ1n) is 7.71. The monoisotopic (exact) mass is 398 g/mol. The van der Waals surface area contributed by atoms with Crippen LogP contribution >= 0.6 is 23.2 Å². The maximum absolute atomic E-state index is 12.5. The second kappa shape index (κ2) is 7.33. The Labute approximate surface area is 156 Å². The van der Waals surface area contributed by atoms with Crippen LogP contribution in [0.5, 0.6) is 0 Å². The fraction of sp³-hybridized carbons (Fsp3) is 0.235. The van der Waals surface area contributed by atoms with Crippen LogP contribution in [0, 0.1) is 0 Å². The van der Waals surface area contributed by atoms with Gasteiger partial charge in [0, 0.05) is 25.2 Å². The third-order valence-corrected chi connectivity index (χ3v) is 6.34. The van der Waals surface area contributed by atoms with Crippen LogP contribution in [0.2, 0.25) is 10.0 Å². The molecule has 1 fully saturated rings. The van der Waals surface area contributed by atoms with E-state index in [0.717, 1.165) is 17.7 Å². The van der Waals surface area contributed by atoms with Crippen molar-refractivity contribution in [2.75, 3.05) is 11.4 Å². The number of hydrogen-bond donors (Lipinski definition) is 1. The summed E-state index contributed by atoms with van der Waals surface area (Å²) in [5.41, 5.74) is 1.53. The summed E-state index contributed by atoms with van der Waals surface area (Å²) in [6.07, 6.45) is 1.38. The predicted octanol–water partition coefficient (Wildman–Crippen LogP) is 3.60. The number of sulfonamides is 1. The number of nitrogens with one attached hydrogen (secondary N) is 1. The van der Waals surface area contributed by atoms with Gasteiger partial charge in [0.25, 0.3) is 0 Å². The van der Waals surface area contributed by atoms with Crippen LogP contribution in [0.3, 0.4) is 0 Å². The van der Waals surface area contributed by atoms with Gasteiger partial charge in [-0.1, -0.05) is 41.4 Å². The maximum Gasteiger partial charge on any atom is 0.242 e. The molecular formula is C17H16Cl2N2O3S. The molecule has 0 unspecified atom stereocenters. The lowest BCUT2D eigenvalue weighted by atomic mass is 10.2. The van der Waals surface area contributed by atoms with E-state index >= 15 is 0 Å². The molecule has 0 spiro atoms. The summed E-state index contributed by atoms with van der Waals surface area (Å²) in [6, 6.07) is 11.7. The van der Waals surface area contributed by atoms with Crippen molar-refractivity contribution in [1.82, 2.24) is 4.72 Å². The standard InChI is InChI=1S/C17H16Cl2N2O3S/c18-14-6-2-7-15(17(14)19)25(23,24)20-11-12-4-1-5-13(10-12)21-9-3-8-16(21)22/h1-2,4-7,10,20H,3,8-9,11H2. The first-order valence-corrected chi connectivity index (χ1v) is 9.95. The minimum atomic E-state index is -3.80. The Bertz CT molecular complexity index is 916. The van der Waals surface area contributed by atoms with Crippen LogP contribution in [-0.2, 0) is 21.4 Å². The van der Waals surface area contributed by atoms with E-state index in [1.807, 2.05) is 12.1 Å². The summed E-state index contributed by atoms with van der Waals surface area (Å²) >= 11 is 11.9. The van der Waals surface area contributed by atoms with Gasteiger partial charge in [0.1, 0.15) is 4.90 Å². The number of amides is 1. The van der Waals surface area contributed by atoms with Gasteiger partial charge in [0.15, 0.2) is 0 Å². The molecule has 1 saturated heterocycles. The molecular weight excluding hydrogens is 383 g/mol. The second-order valence-electron chi connectivity index (χ2n) is 5.70. The minimum absolute atomic E-state index is 0.00641. The Morgan fingerprint density at radius 2 is 1.88 bits per heavy atom. The highest BCUT2D eigenvalue weighted by molar-refractivity contribution is 7.89. The fourth-order valence-electron chi connectivity index (χ4n) is 2.70. The van der Waals surface area contributed by atoms with Crippen LogP contribution in [0.15, 0.2) is 47.4 Å². The molecule has 1 amide bonds. The molecule has 2 aromatic carbocycles. The Morgan fingerprint density at radius 1 is 1.12 bits per heavy atom. The lowest BCUT2D eigenvalue weighted by Crippen LogP contribution is -2.25. The molecule has 2 aromatic rings. The first kappa shape index (κ1) is 18.2. The third kappa shape index (κ3) is 3.98. The molecule has 132 valence electrons. The Kier molecular flexibility index (Phi) is 5.34. The van der Waals surface area contributed by atoms with Crippen LogP contribution in [0.25, 0.3) is 0 Å². The Balaban J connectivity index is 1.77. The number of carbonyl (C=O) groups excluding carboxylic acids is 1. The second-order valence-corrected chi connectivity index (χ2v) is 8.22. The summed E-state index contributed by atoms with van der Waals surface area (Å²) in [4.78, 5) is 13.5. The molecule has 0 saturated carbocycles. The molecule has 0 aromatic heterocycles. The quantitative estimate of drug-likeness (QED) is 0.836. The van der Waals surface area contributed by atoms with Gasteiger partial charge >= 0.3 is 0 Å². The highest BCUT2D eigenvalue weighted by atomic mass is 35.5. The Morgan fingerprint density at radius 3 is 2.60 bits per heavy atom. The predicted molar refractivity (Wildman–Crippen MR) is 98.5 cm³/mol. The number of halogens is 2. The van der Waals surface area contributed by atoms with Crippen LogP contribution in [0.4, 0.5) is 5.69 Å². The number of anilines is 1. The molecule has 0 bridgehead atoms. The summed E-state index contributed by atoms with van der Waals surface area (Å²) in [5.74, 6) is 0.0865. The van der Waals surface area contributed by atoms with Crippen LogP contribution in [0.1, 0.15) is 18.4 Å². The van der Waals surface area contributed by atoms with Crippen molar-refractivity contribution in [3.05, 3.63) is 58.1 Å². The van der Waals surface area contributed by atoms with Crippen molar-refractivity contribution in [2.24, 2.45) is 0 Å². The highest BCUT2D eigenvalue weighted by Gasteiger charge is 2.22. The van der Waals surface area contributed by atoms with E-state index < -0.39 is 10.0 Å². The van der Waals surface area contributed by atoms with Gasteiger partial charge in [-0.15, -0.1) is 0 Å². The van der Waals surface area contributed by atoms with E-state index in [2.05, 4.69) is 4.72 Å². The molecule has 1 N–H and O–H groups in total. The van der Waals surface area contributed by atoms with Crippen LogP contribution < -0.4 is 9.62 Å². The average Bonchev–Trinajstić information content (AvgIpc) is 3.02. The number of hydrogen-bond acceptors (Lipinski definition) is 3. The average molecular weight is 399 g/mol.